The first kappa shape index (κ1) is 37.0. The zero-order valence-electron chi connectivity index (χ0n) is 37.7. The predicted octanol–water partition coefficient (Wildman–Crippen LogP) is 16.5. The average molecular weight is 833 g/mol. The summed E-state index contributed by atoms with van der Waals surface area (Å²) < 4.78 is 5.02. The van der Waals surface area contributed by atoms with E-state index in [9.17, 15) is 0 Å². The van der Waals surface area contributed by atoms with Crippen LogP contribution in [-0.2, 0) is 16.2 Å². The van der Waals surface area contributed by atoms with Gasteiger partial charge in [-0.05, 0) is 145 Å². The zero-order chi connectivity index (χ0) is 43.7. The van der Waals surface area contributed by atoms with Crippen LogP contribution in [0.25, 0.3) is 99.5 Å². The van der Waals surface area contributed by atoms with Gasteiger partial charge in [-0.1, -0.05) is 157 Å². The van der Waals surface area contributed by atoms with Crippen molar-refractivity contribution < 1.29 is 0 Å². The third-order valence-corrected chi connectivity index (χ3v) is 16.1. The molecule has 9 aromatic carbocycles. The van der Waals surface area contributed by atoms with E-state index in [4.69, 9.17) is 0 Å². The first-order valence-corrected chi connectivity index (χ1v) is 23.3. The van der Waals surface area contributed by atoms with E-state index in [1.807, 2.05) is 0 Å². The van der Waals surface area contributed by atoms with Gasteiger partial charge in [0.05, 0.1) is 22.1 Å². The molecule has 2 heteroatoms. The molecule has 0 bridgehead atoms. The van der Waals surface area contributed by atoms with Gasteiger partial charge in [-0.2, -0.15) is 0 Å². The molecule has 0 radical (unpaired) electrons. The summed E-state index contributed by atoms with van der Waals surface area (Å²) in [4.78, 5) is 0. The fourth-order valence-corrected chi connectivity index (χ4v) is 12.8. The van der Waals surface area contributed by atoms with Crippen LogP contribution in [0.4, 0.5) is 0 Å². The molecule has 0 saturated heterocycles. The summed E-state index contributed by atoms with van der Waals surface area (Å²) in [5, 5.41) is 5.09. The summed E-state index contributed by atoms with van der Waals surface area (Å²) in [6.07, 6.45) is 0. The van der Waals surface area contributed by atoms with Crippen LogP contribution < -0.4 is 0 Å². The second-order valence-electron chi connectivity index (χ2n) is 20.5. The van der Waals surface area contributed by atoms with Gasteiger partial charge in [-0.3, -0.25) is 0 Å². The molecule has 0 aliphatic heterocycles. The predicted molar refractivity (Wildman–Crippen MR) is 273 cm³/mol. The molecule has 14 rings (SSSR count). The molecule has 0 spiro atoms. The number of benzene rings is 9. The minimum Gasteiger partial charge on any atom is -0.309 e. The standard InChI is InChI=1S/C63H48N2/c1-61(2)51-19-11-7-15-41(51)44-27-25-39(33-54(44)61)64-57-22-14-10-18-46(57)48-31-37(23-29-58(48)64)38-24-30-59-49(32-38)50-35-47-43-17-9-13-21-53(43)63(5,6)56(47)36-60(50)65(59)40-26-28-45-42-16-8-12-20-52(42)62(3,4)55(45)34-40/h7-36H,1-6H3. The van der Waals surface area contributed by atoms with Crippen molar-refractivity contribution in [1.29, 1.82) is 0 Å². The Morgan fingerprint density at radius 1 is 0.262 bits per heavy atom. The van der Waals surface area contributed by atoms with Crippen molar-refractivity contribution in [3.05, 3.63) is 215 Å². The van der Waals surface area contributed by atoms with Crippen molar-refractivity contribution in [2.24, 2.45) is 0 Å². The van der Waals surface area contributed by atoms with Crippen LogP contribution in [0.3, 0.4) is 0 Å². The number of aromatic nitrogens is 2. The lowest BCUT2D eigenvalue weighted by Gasteiger charge is -2.23. The van der Waals surface area contributed by atoms with E-state index in [0.29, 0.717) is 0 Å². The van der Waals surface area contributed by atoms with Crippen molar-refractivity contribution in [3.63, 3.8) is 0 Å². The largest absolute Gasteiger partial charge is 0.309 e. The maximum Gasteiger partial charge on any atom is 0.0544 e. The second kappa shape index (κ2) is 12.4. The molecule has 0 amide bonds. The van der Waals surface area contributed by atoms with Crippen molar-refractivity contribution in [2.45, 2.75) is 57.8 Å². The summed E-state index contributed by atoms with van der Waals surface area (Å²) in [5.74, 6) is 0. The van der Waals surface area contributed by atoms with E-state index >= 15 is 0 Å². The minimum absolute atomic E-state index is 0.0711. The van der Waals surface area contributed by atoms with Crippen molar-refractivity contribution in [2.75, 3.05) is 0 Å². The lowest BCUT2D eigenvalue weighted by Crippen LogP contribution is -2.15. The van der Waals surface area contributed by atoms with E-state index in [1.54, 1.807) is 0 Å². The Bertz CT molecular complexity index is 3920. The Balaban J connectivity index is 0.965. The summed E-state index contributed by atoms with van der Waals surface area (Å²) in [7, 11) is 0. The van der Waals surface area contributed by atoms with E-state index in [0.717, 1.165) is 0 Å². The molecule has 0 fully saturated rings. The van der Waals surface area contributed by atoms with Gasteiger partial charge in [0.25, 0.3) is 0 Å². The quantitative estimate of drug-likeness (QED) is 0.168. The van der Waals surface area contributed by atoms with Gasteiger partial charge in [0.1, 0.15) is 0 Å². The molecule has 0 unspecified atom stereocenters. The summed E-state index contributed by atoms with van der Waals surface area (Å²) in [6.45, 7) is 14.3. The summed E-state index contributed by atoms with van der Waals surface area (Å²) in [5.41, 5.74) is 26.0. The molecule has 2 aromatic heterocycles. The number of hydrogen-bond donors (Lipinski definition) is 0. The number of nitrogens with zero attached hydrogens (tertiary/aromatic N) is 2. The van der Waals surface area contributed by atoms with Gasteiger partial charge in [-0.25, -0.2) is 0 Å². The Morgan fingerprint density at radius 3 is 1.18 bits per heavy atom. The fraction of sp³-hybridized carbons (Fsp3) is 0.143. The van der Waals surface area contributed by atoms with Crippen LogP contribution in [0.2, 0.25) is 0 Å². The normalized spacial score (nSPS) is 15.6. The summed E-state index contributed by atoms with van der Waals surface area (Å²) in [6, 6.07) is 69.4. The fourth-order valence-electron chi connectivity index (χ4n) is 12.8. The molecular formula is C63H48N2. The lowest BCUT2D eigenvalue weighted by molar-refractivity contribution is 0.659. The lowest BCUT2D eigenvalue weighted by atomic mass is 9.82. The van der Waals surface area contributed by atoms with Crippen molar-refractivity contribution >= 4 is 43.6 Å². The highest BCUT2D eigenvalue weighted by Gasteiger charge is 2.39. The van der Waals surface area contributed by atoms with Crippen molar-refractivity contribution in [3.8, 4) is 55.9 Å². The number of hydrogen-bond acceptors (Lipinski definition) is 0. The van der Waals surface area contributed by atoms with Crippen LogP contribution in [0.1, 0.15) is 74.9 Å². The monoisotopic (exact) mass is 832 g/mol. The molecule has 310 valence electrons. The van der Waals surface area contributed by atoms with Crippen LogP contribution in [0, 0.1) is 0 Å². The molecule has 11 aromatic rings. The van der Waals surface area contributed by atoms with E-state index < -0.39 is 0 Å². The smallest absolute Gasteiger partial charge is 0.0544 e. The van der Waals surface area contributed by atoms with Crippen LogP contribution in [0.15, 0.2) is 182 Å². The molecule has 3 aliphatic carbocycles. The topological polar surface area (TPSA) is 9.86 Å². The number of rotatable bonds is 3. The maximum atomic E-state index is 2.54. The maximum absolute atomic E-state index is 2.54. The molecule has 3 aliphatic rings. The molecule has 0 N–H and O–H groups in total. The first-order chi connectivity index (χ1) is 31.5. The highest BCUT2D eigenvalue weighted by Crippen LogP contribution is 2.54. The minimum atomic E-state index is -0.107. The van der Waals surface area contributed by atoms with Gasteiger partial charge < -0.3 is 9.13 Å². The Morgan fingerprint density at radius 2 is 0.646 bits per heavy atom. The molecule has 0 atom stereocenters. The molecule has 0 saturated carbocycles. The molecule has 65 heavy (non-hydrogen) atoms. The van der Waals surface area contributed by atoms with Gasteiger partial charge >= 0.3 is 0 Å². The highest BCUT2D eigenvalue weighted by molar-refractivity contribution is 6.14. The average Bonchev–Trinajstić information content (AvgIpc) is 4.04. The third kappa shape index (κ3) is 4.74. The number of para-hydroxylation sites is 1. The van der Waals surface area contributed by atoms with E-state index in [2.05, 4.69) is 233 Å². The van der Waals surface area contributed by atoms with Gasteiger partial charge in [-0.15, -0.1) is 0 Å². The first-order valence-electron chi connectivity index (χ1n) is 23.3. The molecule has 2 nitrogen and oxygen atoms in total. The highest BCUT2D eigenvalue weighted by atomic mass is 15.0. The Labute approximate surface area is 380 Å². The van der Waals surface area contributed by atoms with Gasteiger partial charge in [0, 0.05) is 49.2 Å². The Kier molecular flexibility index (Phi) is 7.08. The van der Waals surface area contributed by atoms with E-state index in [-0.39, 0.29) is 16.2 Å². The van der Waals surface area contributed by atoms with Gasteiger partial charge in [0.15, 0.2) is 0 Å². The van der Waals surface area contributed by atoms with Crippen LogP contribution >= 0.6 is 0 Å². The molecular weight excluding hydrogens is 785 g/mol. The molecule has 2 heterocycles. The Hall–Kier alpha value is -7.42. The number of fused-ring (bicyclic) bond motifs is 15. The SMILES string of the molecule is CC1(C)c2ccccc2-c2ccc(-n3c4ccccc4c4cc(-c5ccc6c(c5)c5cc7c(cc5n6-c5ccc6c(c5)C(C)(C)c5ccccc5-6)C(C)(C)c5ccccc5-7)ccc43)cc21. The second-order valence-corrected chi connectivity index (χ2v) is 20.5. The van der Waals surface area contributed by atoms with Crippen molar-refractivity contribution in [1.82, 2.24) is 9.13 Å². The van der Waals surface area contributed by atoms with Crippen LogP contribution in [-0.4, -0.2) is 9.13 Å². The third-order valence-electron chi connectivity index (χ3n) is 16.1. The van der Waals surface area contributed by atoms with E-state index in [1.165, 1.54) is 133 Å². The van der Waals surface area contributed by atoms with Crippen LogP contribution in [0.5, 0.6) is 0 Å². The summed E-state index contributed by atoms with van der Waals surface area (Å²) >= 11 is 0. The van der Waals surface area contributed by atoms with Gasteiger partial charge in [0.2, 0.25) is 0 Å². The zero-order valence-corrected chi connectivity index (χ0v) is 37.7.